The molecular formula is C21H23N3O7. The summed E-state index contributed by atoms with van der Waals surface area (Å²) >= 11 is 0. The van der Waals surface area contributed by atoms with E-state index in [0.717, 1.165) is 10.8 Å². The molecule has 0 atom stereocenters. The average Bonchev–Trinajstić information content (AvgIpc) is 3.26. The molecule has 0 amide bonds. The summed E-state index contributed by atoms with van der Waals surface area (Å²) in [6.45, 7) is 2.77. The van der Waals surface area contributed by atoms with Crippen LogP contribution in [0.4, 0.5) is 5.88 Å². The van der Waals surface area contributed by atoms with E-state index < -0.39 is 4.92 Å². The number of benzene rings is 1. The molecule has 0 aliphatic carbocycles. The molecule has 0 radical (unpaired) electrons. The highest BCUT2D eigenvalue weighted by atomic mass is 16.6. The van der Waals surface area contributed by atoms with Crippen LogP contribution in [0.25, 0.3) is 22.9 Å². The van der Waals surface area contributed by atoms with Crippen molar-refractivity contribution in [2.75, 3.05) is 46.8 Å². The first-order valence-corrected chi connectivity index (χ1v) is 9.64. The average molecular weight is 429 g/mol. The third-order valence-electron chi connectivity index (χ3n) is 4.15. The van der Waals surface area contributed by atoms with E-state index in [4.69, 9.17) is 23.4 Å². The summed E-state index contributed by atoms with van der Waals surface area (Å²) in [4.78, 5) is 10.1. The lowest BCUT2D eigenvalue weighted by molar-refractivity contribution is -0.402. The SMILES string of the molecule is COCCOCCOCCOc1nnc(C=Cc2ccc([N+](=O)[O-])o2)c2ccccc12. The van der Waals surface area contributed by atoms with Gasteiger partial charge < -0.3 is 23.4 Å². The number of furan rings is 1. The summed E-state index contributed by atoms with van der Waals surface area (Å²) in [5.74, 6) is 0.436. The van der Waals surface area contributed by atoms with E-state index in [1.54, 1.807) is 19.3 Å². The van der Waals surface area contributed by atoms with Crippen LogP contribution in [-0.2, 0) is 14.2 Å². The molecule has 0 fully saturated rings. The second-order valence-electron chi connectivity index (χ2n) is 6.27. The van der Waals surface area contributed by atoms with Crippen molar-refractivity contribution in [2.24, 2.45) is 0 Å². The van der Waals surface area contributed by atoms with Crippen molar-refractivity contribution in [3.05, 3.63) is 58.0 Å². The normalized spacial score (nSPS) is 11.4. The van der Waals surface area contributed by atoms with Crippen molar-refractivity contribution in [3.8, 4) is 5.88 Å². The molecule has 0 aliphatic rings. The van der Waals surface area contributed by atoms with Gasteiger partial charge in [0.1, 0.15) is 17.3 Å². The molecule has 2 heterocycles. The molecule has 0 saturated heterocycles. The van der Waals surface area contributed by atoms with Crippen molar-refractivity contribution in [2.45, 2.75) is 0 Å². The van der Waals surface area contributed by atoms with Crippen LogP contribution >= 0.6 is 0 Å². The van der Waals surface area contributed by atoms with Crippen LogP contribution in [0.2, 0.25) is 0 Å². The summed E-state index contributed by atoms with van der Waals surface area (Å²) in [5.41, 5.74) is 0.589. The van der Waals surface area contributed by atoms with E-state index >= 15 is 0 Å². The molecule has 31 heavy (non-hydrogen) atoms. The van der Waals surface area contributed by atoms with Crippen molar-refractivity contribution in [3.63, 3.8) is 0 Å². The maximum Gasteiger partial charge on any atom is 0.433 e. The molecule has 3 aromatic rings. The van der Waals surface area contributed by atoms with E-state index in [9.17, 15) is 10.1 Å². The smallest absolute Gasteiger partial charge is 0.433 e. The molecule has 0 spiro atoms. The predicted molar refractivity (Wildman–Crippen MR) is 113 cm³/mol. The fourth-order valence-corrected chi connectivity index (χ4v) is 2.68. The molecule has 3 rings (SSSR count). The second-order valence-corrected chi connectivity index (χ2v) is 6.27. The summed E-state index contributed by atoms with van der Waals surface area (Å²) in [7, 11) is 1.62. The van der Waals surface area contributed by atoms with Gasteiger partial charge in [-0.1, -0.05) is 18.2 Å². The third-order valence-corrected chi connectivity index (χ3v) is 4.15. The van der Waals surface area contributed by atoms with Gasteiger partial charge in [-0.25, -0.2) is 0 Å². The molecule has 0 bridgehead atoms. The molecule has 1 aromatic carbocycles. The topological polar surface area (TPSA) is 119 Å². The van der Waals surface area contributed by atoms with Crippen LogP contribution in [-0.4, -0.2) is 61.9 Å². The zero-order chi connectivity index (χ0) is 21.9. The molecule has 0 unspecified atom stereocenters. The second kappa shape index (κ2) is 11.7. The molecule has 164 valence electrons. The standard InChI is InChI=1S/C21H23N3O7/c1-27-10-11-28-12-13-29-14-15-30-21-18-5-3-2-4-17(18)19(22-23-21)8-6-16-7-9-20(31-16)24(25)26/h2-9H,10-15H2,1H3. The maximum absolute atomic E-state index is 10.7. The van der Waals surface area contributed by atoms with Crippen LogP contribution in [0.5, 0.6) is 5.88 Å². The summed E-state index contributed by atoms with van der Waals surface area (Å²) < 4.78 is 26.5. The Hall–Kier alpha value is -3.34. The first-order chi connectivity index (χ1) is 15.2. The minimum Gasteiger partial charge on any atom is -0.474 e. The Balaban J connectivity index is 1.58. The van der Waals surface area contributed by atoms with Crippen LogP contribution in [0, 0.1) is 10.1 Å². The van der Waals surface area contributed by atoms with Crippen LogP contribution in [0.15, 0.2) is 40.8 Å². The first kappa shape index (κ1) is 22.3. The Morgan fingerprint density at radius 1 is 0.935 bits per heavy atom. The van der Waals surface area contributed by atoms with Crippen molar-refractivity contribution in [1.29, 1.82) is 0 Å². The zero-order valence-electron chi connectivity index (χ0n) is 17.1. The van der Waals surface area contributed by atoms with Gasteiger partial charge in [-0.15, -0.1) is 10.2 Å². The van der Waals surface area contributed by atoms with Crippen LogP contribution in [0.1, 0.15) is 11.5 Å². The Labute approximate surface area is 178 Å². The number of rotatable bonds is 13. The Kier molecular flexibility index (Phi) is 8.47. The summed E-state index contributed by atoms with van der Waals surface area (Å²) in [6, 6.07) is 10.4. The number of nitrogens with zero attached hydrogens (tertiary/aromatic N) is 3. The van der Waals surface area contributed by atoms with E-state index in [1.165, 1.54) is 12.1 Å². The first-order valence-electron chi connectivity index (χ1n) is 9.64. The monoisotopic (exact) mass is 429 g/mol. The molecule has 10 heteroatoms. The lowest BCUT2D eigenvalue weighted by Crippen LogP contribution is -2.13. The highest BCUT2D eigenvalue weighted by Crippen LogP contribution is 2.26. The van der Waals surface area contributed by atoms with Gasteiger partial charge >= 0.3 is 5.88 Å². The number of hydrogen-bond acceptors (Lipinski definition) is 9. The van der Waals surface area contributed by atoms with Gasteiger partial charge in [0.05, 0.1) is 44.8 Å². The fraction of sp³-hybridized carbons (Fsp3) is 0.333. The van der Waals surface area contributed by atoms with Crippen molar-refractivity contribution < 1.29 is 28.3 Å². The Morgan fingerprint density at radius 2 is 1.65 bits per heavy atom. The molecule has 0 aliphatic heterocycles. The largest absolute Gasteiger partial charge is 0.474 e. The Morgan fingerprint density at radius 3 is 2.35 bits per heavy atom. The van der Waals surface area contributed by atoms with Crippen LogP contribution in [0.3, 0.4) is 0 Å². The number of nitro groups is 1. The zero-order valence-corrected chi connectivity index (χ0v) is 17.1. The maximum atomic E-state index is 10.7. The molecule has 0 saturated carbocycles. The third kappa shape index (κ3) is 6.57. The van der Waals surface area contributed by atoms with Gasteiger partial charge in [0.15, 0.2) is 0 Å². The lowest BCUT2D eigenvalue weighted by atomic mass is 10.1. The Bertz CT molecular complexity index is 1020. The quantitative estimate of drug-likeness (QED) is 0.229. The van der Waals surface area contributed by atoms with Crippen molar-refractivity contribution in [1.82, 2.24) is 10.2 Å². The van der Waals surface area contributed by atoms with Gasteiger partial charge in [-0.05, 0) is 24.3 Å². The minimum atomic E-state index is -0.586. The van der Waals surface area contributed by atoms with Crippen molar-refractivity contribution >= 4 is 28.8 Å². The van der Waals surface area contributed by atoms with E-state index in [1.807, 2.05) is 24.3 Å². The number of fused-ring (bicyclic) bond motifs is 1. The van der Waals surface area contributed by atoms with E-state index in [0.29, 0.717) is 57.0 Å². The molecule has 0 N–H and O–H groups in total. The van der Waals surface area contributed by atoms with Gasteiger partial charge in [-0.2, -0.15) is 0 Å². The fourth-order valence-electron chi connectivity index (χ4n) is 2.68. The van der Waals surface area contributed by atoms with E-state index in [2.05, 4.69) is 10.2 Å². The summed E-state index contributed by atoms with van der Waals surface area (Å²) in [5, 5.41) is 20.7. The van der Waals surface area contributed by atoms with E-state index in [-0.39, 0.29) is 5.88 Å². The summed E-state index contributed by atoms with van der Waals surface area (Å²) in [6.07, 6.45) is 3.29. The minimum absolute atomic E-state index is 0.317. The van der Waals surface area contributed by atoms with Gasteiger partial charge in [0.25, 0.3) is 0 Å². The number of ether oxygens (including phenoxy) is 4. The van der Waals surface area contributed by atoms with Gasteiger partial charge in [-0.3, -0.25) is 10.1 Å². The van der Waals surface area contributed by atoms with Crippen LogP contribution < -0.4 is 4.74 Å². The predicted octanol–water partition coefficient (Wildman–Crippen LogP) is 3.36. The molecule has 2 aromatic heterocycles. The molecular weight excluding hydrogens is 406 g/mol. The number of aromatic nitrogens is 2. The van der Waals surface area contributed by atoms with Gasteiger partial charge in [0.2, 0.25) is 5.88 Å². The highest BCUT2D eigenvalue weighted by molar-refractivity contribution is 5.93. The van der Waals surface area contributed by atoms with Gasteiger partial charge in [0, 0.05) is 17.9 Å². The number of methoxy groups -OCH3 is 1. The lowest BCUT2D eigenvalue weighted by Gasteiger charge is -2.09. The highest BCUT2D eigenvalue weighted by Gasteiger charge is 2.11. The number of hydrogen-bond donors (Lipinski definition) is 0. The molecule has 10 nitrogen and oxygen atoms in total.